The molecule has 0 fully saturated rings. The lowest BCUT2D eigenvalue weighted by Gasteiger charge is -2.36. The van der Waals surface area contributed by atoms with Gasteiger partial charge in [-0.15, -0.1) is 0 Å². The molecule has 0 saturated heterocycles. The monoisotopic (exact) mass is 610 g/mol. The number of hydrogen-bond acceptors (Lipinski definition) is 5. The largest absolute Gasteiger partial charge is 0.497 e. The van der Waals surface area contributed by atoms with Gasteiger partial charge in [0.05, 0.1) is 34.0 Å². The summed E-state index contributed by atoms with van der Waals surface area (Å²) in [5, 5.41) is 10.8. The third-order valence-electron chi connectivity index (χ3n) is 6.16. The summed E-state index contributed by atoms with van der Waals surface area (Å²) in [6, 6.07) is 33.8. The van der Waals surface area contributed by atoms with Gasteiger partial charge in [-0.05, 0) is 81.2 Å². The molecule has 0 heterocycles. The van der Waals surface area contributed by atoms with Crippen LogP contribution in [0, 0.1) is 3.57 Å². The first-order valence-corrected chi connectivity index (χ1v) is 13.1. The molecule has 0 aliphatic heterocycles. The summed E-state index contributed by atoms with van der Waals surface area (Å²) in [6.07, 6.45) is -0.816. The Balaban J connectivity index is 1.62. The molecule has 0 aliphatic carbocycles. The number of aliphatic hydroxyl groups is 1. The third-order valence-corrected chi connectivity index (χ3v) is 6.88. The molecule has 0 aromatic heterocycles. The first-order valence-electron chi connectivity index (χ1n) is 12.0. The van der Waals surface area contributed by atoms with Gasteiger partial charge in [-0.25, -0.2) is 0 Å². The van der Waals surface area contributed by atoms with Crippen molar-refractivity contribution in [1.29, 1.82) is 0 Å². The normalized spacial score (nSPS) is 12.2. The molecule has 6 heteroatoms. The summed E-state index contributed by atoms with van der Waals surface area (Å²) < 4.78 is 24.5. The van der Waals surface area contributed by atoms with Gasteiger partial charge in [-0.1, -0.05) is 66.7 Å². The van der Waals surface area contributed by atoms with Crippen molar-refractivity contribution in [3.63, 3.8) is 0 Å². The highest BCUT2D eigenvalue weighted by atomic mass is 127. The van der Waals surface area contributed by atoms with E-state index in [1.54, 1.807) is 14.2 Å². The van der Waals surface area contributed by atoms with Crippen LogP contribution in [0.25, 0.3) is 0 Å². The van der Waals surface area contributed by atoms with Crippen molar-refractivity contribution in [3.05, 3.63) is 129 Å². The molecule has 4 aromatic carbocycles. The quantitative estimate of drug-likeness (QED) is 0.153. The molecule has 192 valence electrons. The molecule has 5 nitrogen and oxygen atoms in total. The Morgan fingerprint density at radius 3 is 1.70 bits per heavy atom. The number of benzene rings is 4. The van der Waals surface area contributed by atoms with Crippen LogP contribution >= 0.6 is 22.6 Å². The zero-order valence-corrected chi connectivity index (χ0v) is 23.1. The van der Waals surface area contributed by atoms with Crippen LogP contribution in [0.15, 0.2) is 103 Å². The number of rotatable bonds is 12. The molecule has 0 unspecified atom stereocenters. The Labute approximate surface area is 232 Å². The minimum absolute atomic E-state index is 0.0691. The van der Waals surface area contributed by atoms with Gasteiger partial charge in [0.25, 0.3) is 0 Å². The standard InChI is InChI=1S/C31H31IO5/c1-34-29-16-10-25(11-17-29)31(24-6-4-3-5-7-24,26-12-18-30(35-2)19-13-26)37-22-28(33)21-36-20-23-8-14-27(32)15-9-23/h3-19,28,33H,20-22H2,1-2H3/t28-/m0/s1. The fourth-order valence-corrected chi connectivity index (χ4v) is 4.60. The zero-order chi connectivity index (χ0) is 26.1. The van der Waals surface area contributed by atoms with Crippen LogP contribution in [-0.2, 0) is 21.7 Å². The van der Waals surface area contributed by atoms with Crippen LogP contribution in [0.5, 0.6) is 11.5 Å². The van der Waals surface area contributed by atoms with E-state index < -0.39 is 11.7 Å². The number of halogens is 1. The maximum absolute atomic E-state index is 10.8. The Bertz CT molecular complexity index is 1180. The number of aliphatic hydroxyl groups excluding tert-OH is 1. The summed E-state index contributed by atoms with van der Waals surface area (Å²) in [6.45, 7) is 0.649. The average Bonchev–Trinajstić information content (AvgIpc) is 2.95. The Kier molecular flexibility index (Phi) is 9.57. The SMILES string of the molecule is COc1ccc(C(OC[C@@H](O)COCc2ccc(I)cc2)(c2ccccc2)c2ccc(OC)cc2)cc1. The predicted molar refractivity (Wildman–Crippen MR) is 153 cm³/mol. The molecular formula is C31H31IO5. The second kappa shape index (κ2) is 13.1. The summed E-state index contributed by atoms with van der Waals surface area (Å²) in [7, 11) is 3.29. The van der Waals surface area contributed by atoms with Crippen LogP contribution in [0.2, 0.25) is 0 Å². The molecule has 0 spiro atoms. The Morgan fingerprint density at radius 1 is 0.676 bits per heavy atom. The van der Waals surface area contributed by atoms with Crippen molar-refractivity contribution >= 4 is 22.6 Å². The maximum Gasteiger partial charge on any atom is 0.143 e. The predicted octanol–water partition coefficient (Wildman–Crippen LogP) is 6.19. The van der Waals surface area contributed by atoms with Crippen molar-refractivity contribution in [2.24, 2.45) is 0 Å². The molecule has 0 saturated carbocycles. The highest BCUT2D eigenvalue weighted by molar-refractivity contribution is 14.1. The van der Waals surface area contributed by atoms with E-state index in [-0.39, 0.29) is 13.2 Å². The van der Waals surface area contributed by atoms with Crippen LogP contribution in [0.4, 0.5) is 0 Å². The van der Waals surface area contributed by atoms with Gasteiger partial charge in [-0.2, -0.15) is 0 Å². The fraction of sp³-hybridized carbons (Fsp3) is 0.226. The molecule has 0 aliphatic rings. The van der Waals surface area contributed by atoms with E-state index in [0.717, 1.165) is 33.8 Å². The van der Waals surface area contributed by atoms with Crippen molar-refractivity contribution in [2.45, 2.75) is 18.3 Å². The molecule has 0 amide bonds. The average molecular weight is 610 g/mol. The van der Waals surface area contributed by atoms with Gasteiger partial charge in [0.1, 0.15) is 23.2 Å². The smallest absolute Gasteiger partial charge is 0.143 e. The summed E-state index contributed by atoms with van der Waals surface area (Å²) in [5.41, 5.74) is 2.85. The lowest BCUT2D eigenvalue weighted by atomic mass is 9.80. The molecular weight excluding hydrogens is 579 g/mol. The minimum Gasteiger partial charge on any atom is -0.497 e. The third kappa shape index (κ3) is 6.70. The van der Waals surface area contributed by atoms with Gasteiger partial charge in [-0.3, -0.25) is 0 Å². The van der Waals surface area contributed by atoms with E-state index in [4.69, 9.17) is 18.9 Å². The van der Waals surface area contributed by atoms with Gasteiger partial charge in [0.15, 0.2) is 0 Å². The Morgan fingerprint density at radius 2 is 1.19 bits per heavy atom. The molecule has 4 aromatic rings. The lowest BCUT2D eigenvalue weighted by Crippen LogP contribution is -2.36. The van der Waals surface area contributed by atoms with Gasteiger partial charge in [0.2, 0.25) is 0 Å². The number of methoxy groups -OCH3 is 2. The van der Waals surface area contributed by atoms with E-state index in [1.165, 1.54) is 3.57 Å². The lowest BCUT2D eigenvalue weighted by molar-refractivity contribution is -0.0662. The zero-order valence-electron chi connectivity index (χ0n) is 21.0. The fourth-order valence-electron chi connectivity index (χ4n) is 4.24. The Hall–Kier alpha value is -2.91. The van der Waals surface area contributed by atoms with Crippen molar-refractivity contribution in [2.75, 3.05) is 27.4 Å². The highest BCUT2D eigenvalue weighted by Crippen LogP contribution is 2.41. The number of ether oxygens (including phenoxy) is 4. The van der Waals surface area contributed by atoms with Crippen LogP contribution < -0.4 is 9.47 Å². The van der Waals surface area contributed by atoms with Gasteiger partial charge in [0, 0.05) is 3.57 Å². The molecule has 4 rings (SSSR count). The molecule has 1 N–H and O–H groups in total. The summed E-state index contributed by atoms with van der Waals surface area (Å²) >= 11 is 2.27. The summed E-state index contributed by atoms with van der Waals surface area (Å²) in [5.74, 6) is 1.51. The highest BCUT2D eigenvalue weighted by Gasteiger charge is 2.38. The first-order chi connectivity index (χ1) is 18.0. The van der Waals surface area contributed by atoms with E-state index in [0.29, 0.717) is 6.61 Å². The van der Waals surface area contributed by atoms with Crippen molar-refractivity contribution in [1.82, 2.24) is 0 Å². The second-order valence-electron chi connectivity index (χ2n) is 8.61. The van der Waals surface area contributed by atoms with Crippen LogP contribution in [-0.4, -0.2) is 38.6 Å². The molecule has 1 atom stereocenters. The second-order valence-corrected chi connectivity index (χ2v) is 9.86. The van der Waals surface area contributed by atoms with Crippen molar-refractivity contribution in [3.8, 4) is 11.5 Å². The van der Waals surface area contributed by atoms with E-state index in [1.807, 2.05) is 103 Å². The minimum atomic E-state index is -0.975. The molecule has 0 bridgehead atoms. The van der Waals surface area contributed by atoms with E-state index >= 15 is 0 Å². The van der Waals surface area contributed by atoms with Gasteiger partial charge >= 0.3 is 0 Å². The van der Waals surface area contributed by atoms with E-state index in [2.05, 4.69) is 22.6 Å². The van der Waals surface area contributed by atoms with Crippen LogP contribution in [0.1, 0.15) is 22.3 Å². The topological polar surface area (TPSA) is 57.2 Å². The molecule has 37 heavy (non-hydrogen) atoms. The van der Waals surface area contributed by atoms with E-state index in [9.17, 15) is 5.11 Å². The first kappa shape index (κ1) is 27.1. The van der Waals surface area contributed by atoms with Gasteiger partial charge < -0.3 is 24.1 Å². The maximum atomic E-state index is 10.8. The molecule has 0 radical (unpaired) electrons. The van der Waals surface area contributed by atoms with Crippen LogP contribution in [0.3, 0.4) is 0 Å². The van der Waals surface area contributed by atoms with Crippen molar-refractivity contribution < 1.29 is 24.1 Å². The summed E-state index contributed by atoms with van der Waals surface area (Å²) in [4.78, 5) is 0. The number of hydrogen-bond donors (Lipinski definition) is 1.